The molecular formula is C43H49N3O3. The van der Waals surface area contributed by atoms with Gasteiger partial charge in [0.2, 0.25) is 0 Å². The first-order valence-electron chi connectivity index (χ1n) is 17.3. The molecule has 8 aromatic rings. The summed E-state index contributed by atoms with van der Waals surface area (Å²) in [7, 11) is 2.07. The third kappa shape index (κ3) is 8.69. The normalized spacial score (nSPS) is 11.3. The monoisotopic (exact) mass is 655 g/mol. The quantitative estimate of drug-likeness (QED) is 0.189. The summed E-state index contributed by atoms with van der Waals surface area (Å²) < 4.78 is 18.9. The fourth-order valence-electron chi connectivity index (χ4n) is 5.39. The molecule has 4 heterocycles. The molecule has 8 rings (SSSR count). The minimum absolute atomic E-state index is 0.359. The van der Waals surface area contributed by atoms with E-state index in [0.29, 0.717) is 23.7 Å². The minimum Gasteiger partial charge on any atom is -0.461 e. The van der Waals surface area contributed by atoms with Crippen LogP contribution in [0.4, 0.5) is 0 Å². The molecule has 0 radical (unpaired) electrons. The van der Waals surface area contributed by atoms with Gasteiger partial charge < -0.3 is 17.8 Å². The van der Waals surface area contributed by atoms with Crippen LogP contribution in [0.25, 0.3) is 44.1 Å². The number of fused-ring (bicyclic) bond motifs is 4. The molecule has 4 aromatic carbocycles. The van der Waals surface area contributed by atoms with Crippen LogP contribution >= 0.6 is 0 Å². The number of rotatable bonds is 4. The summed E-state index contributed by atoms with van der Waals surface area (Å²) in [4.78, 5) is 8.92. The number of benzene rings is 4. The maximum absolute atomic E-state index is 5.63. The minimum atomic E-state index is 0.359. The summed E-state index contributed by atoms with van der Waals surface area (Å²) in [5.74, 6) is 5.88. The summed E-state index contributed by atoms with van der Waals surface area (Å²) in [5.41, 5.74) is 6.10. The number of aryl methyl sites for hydroxylation is 1. The summed E-state index contributed by atoms with van der Waals surface area (Å²) in [6.45, 7) is 17.0. The van der Waals surface area contributed by atoms with Gasteiger partial charge in [-0.3, -0.25) is 0 Å². The number of hydrogen-bond acceptors (Lipinski definition) is 5. The van der Waals surface area contributed by atoms with Crippen molar-refractivity contribution in [3.05, 3.63) is 132 Å². The van der Waals surface area contributed by atoms with Crippen LogP contribution in [-0.2, 0) is 7.05 Å². The van der Waals surface area contributed by atoms with Crippen molar-refractivity contribution in [3.63, 3.8) is 0 Å². The number of oxazole rings is 1. The lowest BCUT2D eigenvalue weighted by Crippen LogP contribution is -1.99. The molecule has 254 valence electrons. The van der Waals surface area contributed by atoms with E-state index >= 15 is 0 Å². The average molecular weight is 656 g/mol. The summed E-state index contributed by atoms with van der Waals surface area (Å²) in [5, 5.41) is 2.39. The molecule has 0 aliphatic heterocycles. The van der Waals surface area contributed by atoms with Crippen LogP contribution in [0.1, 0.15) is 102 Å². The van der Waals surface area contributed by atoms with Crippen LogP contribution in [0.3, 0.4) is 0 Å². The van der Waals surface area contributed by atoms with E-state index in [2.05, 4.69) is 113 Å². The predicted octanol–water partition coefficient (Wildman–Crippen LogP) is 12.8. The first-order chi connectivity index (χ1) is 23.5. The molecule has 0 aliphatic rings. The molecule has 0 saturated carbocycles. The van der Waals surface area contributed by atoms with E-state index in [0.717, 1.165) is 51.0 Å². The molecule has 0 bridgehead atoms. The Morgan fingerprint density at radius 2 is 0.939 bits per heavy atom. The first kappa shape index (κ1) is 35.2. The van der Waals surface area contributed by atoms with Crippen molar-refractivity contribution >= 4 is 44.1 Å². The topological polar surface area (TPSA) is 70.1 Å². The van der Waals surface area contributed by atoms with E-state index in [9.17, 15) is 0 Å². The largest absolute Gasteiger partial charge is 0.461 e. The Kier molecular flexibility index (Phi) is 11.4. The third-order valence-electron chi connectivity index (χ3n) is 8.17. The van der Waals surface area contributed by atoms with Gasteiger partial charge in [0, 0.05) is 41.5 Å². The van der Waals surface area contributed by atoms with E-state index in [1.54, 1.807) is 0 Å². The number of aromatic nitrogens is 3. The summed E-state index contributed by atoms with van der Waals surface area (Å²) >= 11 is 0. The zero-order valence-corrected chi connectivity index (χ0v) is 30.3. The van der Waals surface area contributed by atoms with Gasteiger partial charge in [-0.05, 0) is 48.5 Å². The van der Waals surface area contributed by atoms with Gasteiger partial charge in [0.15, 0.2) is 11.5 Å². The van der Waals surface area contributed by atoms with Crippen molar-refractivity contribution in [1.82, 2.24) is 14.5 Å². The van der Waals surface area contributed by atoms with Crippen molar-refractivity contribution in [3.8, 4) is 0 Å². The third-order valence-corrected chi connectivity index (χ3v) is 8.17. The average Bonchev–Trinajstić information content (AvgIpc) is 3.89. The highest BCUT2D eigenvalue weighted by Crippen LogP contribution is 2.25. The highest BCUT2D eigenvalue weighted by Gasteiger charge is 2.10. The zero-order valence-electron chi connectivity index (χ0n) is 30.3. The van der Waals surface area contributed by atoms with Crippen molar-refractivity contribution in [2.45, 2.75) is 79.1 Å². The molecule has 0 amide bonds. The molecule has 49 heavy (non-hydrogen) atoms. The van der Waals surface area contributed by atoms with Gasteiger partial charge >= 0.3 is 0 Å². The van der Waals surface area contributed by atoms with Crippen LogP contribution in [0, 0.1) is 0 Å². The number of furan rings is 2. The van der Waals surface area contributed by atoms with Crippen molar-refractivity contribution < 1.29 is 13.3 Å². The van der Waals surface area contributed by atoms with Gasteiger partial charge in [-0.1, -0.05) is 116 Å². The van der Waals surface area contributed by atoms with Gasteiger partial charge in [0.25, 0.3) is 0 Å². The highest BCUT2D eigenvalue weighted by molar-refractivity contribution is 5.78. The lowest BCUT2D eigenvalue weighted by molar-refractivity contribution is 0.501. The van der Waals surface area contributed by atoms with Crippen LogP contribution in [0.15, 0.2) is 122 Å². The van der Waals surface area contributed by atoms with Crippen molar-refractivity contribution in [2.24, 2.45) is 7.05 Å². The maximum atomic E-state index is 5.63. The van der Waals surface area contributed by atoms with E-state index < -0.39 is 0 Å². The van der Waals surface area contributed by atoms with Crippen molar-refractivity contribution in [2.75, 3.05) is 0 Å². The Hall–Kier alpha value is -5.10. The van der Waals surface area contributed by atoms with Crippen LogP contribution in [0.2, 0.25) is 0 Å². The molecule has 0 fully saturated rings. The smallest absolute Gasteiger partial charge is 0.198 e. The summed E-state index contributed by atoms with van der Waals surface area (Å²) in [6.07, 6.45) is 0. The van der Waals surface area contributed by atoms with Gasteiger partial charge in [-0.15, -0.1) is 0 Å². The molecule has 0 unspecified atom stereocenters. The molecule has 0 aliphatic carbocycles. The van der Waals surface area contributed by atoms with E-state index in [1.807, 2.05) is 72.8 Å². The SMILES string of the molecule is CC(C)c1cc2ccccc2o1.CC(C)c1cc2ccccc2o1.CC(C)c1nc2ccccc2n1C.CC(C)c1nc2ccccc2o1. The number of para-hydroxylation sites is 6. The zero-order chi connectivity index (χ0) is 35.1. The van der Waals surface area contributed by atoms with Gasteiger partial charge in [-0.25, -0.2) is 9.97 Å². The Morgan fingerprint density at radius 1 is 0.469 bits per heavy atom. The molecule has 6 heteroatoms. The van der Waals surface area contributed by atoms with E-state index in [4.69, 9.17) is 13.3 Å². The second-order valence-corrected chi connectivity index (χ2v) is 13.5. The molecular weight excluding hydrogens is 606 g/mol. The number of hydrogen-bond donors (Lipinski definition) is 0. The fourth-order valence-corrected chi connectivity index (χ4v) is 5.39. The second kappa shape index (κ2) is 15.9. The molecule has 0 saturated heterocycles. The molecule has 0 N–H and O–H groups in total. The Morgan fingerprint density at radius 3 is 1.39 bits per heavy atom. The van der Waals surface area contributed by atoms with Gasteiger partial charge in [-0.2, -0.15) is 0 Å². The fraction of sp³-hybridized carbons (Fsp3) is 0.302. The molecule has 6 nitrogen and oxygen atoms in total. The maximum Gasteiger partial charge on any atom is 0.198 e. The summed E-state index contributed by atoms with van der Waals surface area (Å²) in [6, 6.07) is 36.5. The van der Waals surface area contributed by atoms with Crippen molar-refractivity contribution in [1.29, 1.82) is 0 Å². The van der Waals surface area contributed by atoms with Gasteiger partial charge in [0.1, 0.15) is 34.0 Å². The highest BCUT2D eigenvalue weighted by atomic mass is 16.4. The lowest BCUT2D eigenvalue weighted by atomic mass is 10.1. The first-order valence-corrected chi connectivity index (χ1v) is 17.3. The predicted molar refractivity (Wildman–Crippen MR) is 204 cm³/mol. The lowest BCUT2D eigenvalue weighted by Gasteiger charge is -2.04. The van der Waals surface area contributed by atoms with Crippen LogP contribution in [0.5, 0.6) is 0 Å². The standard InChI is InChI=1S/C11H14N2.2C11H12O.C10H11NO/c1-8(2)11-12-9-6-4-5-7-10(9)13(11)3;2*1-8(2)11-7-9-5-3-4-6-10(9)12-11;1-7(2)10-11-8-5-3-4-6-9(8)12-10/h4-8H,1-3H3;2*3-8H,1-2H3;3-7H,1-2H3. The molecule has 0 atom stereocenters. The number of nitrogens with zero attached hydrogens (tertiary/aromatic N) is 3. The van der Waals surface area contributed by atoms with E-state index in [1.165, 1.54) is 16.3 Å². The molecule has 4 aromatic heterocycles. The Balaban J connectivity index is 0.000000127. The second-order valence-electron chi connectivity index (χ2n) is 13.5. The van der Waals surface area contributed by atoms with Gasteiger partial charge in [0.05, 0.1) is 11.0 Å². The van der Waals surface area contributed by atoms with Crippen LogP contribution in [-0.4, -0.2) is 14.5 Å². The molecule has 0 spiro atoms. The Labute approximate surface area is 289 Å². The van der Waals surface area contributed by atoms with Crippen LogP contribution < -0.4 is 0 Å². The van der Waals surface area contributed by atoms with E-state index in [-0.39, 0.29) is 0 Å². The number of imidazole rings is 1. The Bertz CT molecular complexity index is 1940.